The number of carbonyl (C=O) groups is 1. The average molecular weight is 410 g/mol. The topological polar surface area (TPSA) is 29.1 Å². The van der Waals surface area contributed by atoms with Crippen LogP contribution in [0.15, 0.2) is 12.2 Å². The monoisotopic (exact) mass is 409 g/mol. The van der Waals surface area contributed by atoms with Crippen molar-refractivity contribution in [2.24, 2.45) is 0 Å². The summed E-state index contributed by atoms with van der Waals surface area (Å²) in [5.41, 5.74) is 0. The summed E-state index contributed by atoms with van der Waals surface area (Å²) in [6.07, 6.45) is 24.7. The zero-order valence-electron chi connectivity index (χ0n) is 20.6. The fourth-order valence-corrected chi connectivity index (χ4v) is 4.12. The minimum atomic E-state index is 0.233. The Labute approximate surface area is 183 Å². The summed E-state index contributed by atoms with van der Waals surface area (Å²) in [6.45, 7) is 7.76. The van der Waals surface area contributed by atoms with Gasteiger partial charge in [-0.05, 0) is 38.5 Å². The molecule has 0 spiro atoms. The Morgan fingerprint density at radius 2 is 1.28 bits per heavy atom. The van der Waals surface area contributed by atoms with Crippen LogP contribution in [0.1, 0.15) is 124 Å². The summed E-state index contributed by atoms with van der Waals surface area (Å²) >= 11 is 0. The van der Waals surface area contributed by atoms with E-state index in [-0.39, 0.29) is 12.1 Å². The first-order valence-electron chi connectivity index (χ1n) is 12.7. The molecule has 1 N–H and O–H groups in total. The molecule has 0 saturated carbocycles. The summed E-state index contributed by atoms with van der Waals surface area (Å²) in [4.78, 5) is 12.3. The number of carbonyl (C=O) groups excluding carboxylic acids is 1. The van der Waals surface area contributed by atoms with E-state index in [1.807, 2.05) is 0 Å². The third-order valence-electron chi connectivity index (χ3n) is 6.02. The van der Waals surface area contributed by atoms with Gasteiger partial charge in [0.1, 0.15) is 0 Å². The Morgan fingerprint density at radius 1 is 0.759 bits per heavy atom. The highest BCUT2D eigenvalue weighted by Gasteiger charge is 2.26. The second-order valence-corrected chi connectivity index (χ2v) is 9.33. The minimum absolute atomic E-state index is 0.233. The molecule has 0 aliphatic carbocycles. The highest BCUT2D eigenvalue weighted by atomic mass is 16.1. The quantitative estimate of drug-likeness (QED) is 0.0967. The van der Waals surface area contributed by atoms with Gasteiger partial charge in [-0.25, -0.2) is 0 Å². The van der Waals surface area contributed by atoms with Crippen molar-refractivity contribution in [3.05, 3.63) is 12.2 Å². The van der Waals surface area contributed by atoms with Crippen molar-refractivity contribution in [3.63, 3.8) is 0 Å². The molecule has 0 aromatic heterocycles. The predicted octanol–water partition coefficient (Wildman–Crippen LogP) is 7.36. The van der Waals surface area contributed by atoms with Crippen molar-refractivity contribution in [1.29, 1.82) is 0 Å². The van der Waals surface area contributed by atoms with Gasteiger partial charge in [-0.3, -0.25) is 4.79 Å². The molecule has 1 amide bonds. The third-order valence-corrected chi connectivity index (χ3v) is 6.02. The van der Waals surface area contributed by atoms with Crippen molar-refractivity contribution in [2.45, 2.75) is 130 Å². The summed E-state index contributed by atoms with van der Waals surface area (Å²) < 4.78 is 0.880. The molecule has 0 saturated heterocycles. The molecular weight excluding hydrogens is 356 g/mol. The van der Waals surface area contributed by atoms with E-state index >= 15 is 0 Å². The van der Waals surface area contributed by atoms with Crippen LogP contribution in [0.5, 0.6) is 0 Å². The zero-order valence-corrected chi connectivity index (χ0v) is 20.6. The van der Waals surface area contributed by atoms with Crippen molar-refractivity contribution in [2.75, 3.05) is 20.6 Å². The maximum absolute atomic E-state index is 12.3. The fraction of sp³-hybridized carbons (Fsp3) is 0.885. The molecule has 0 aliphatic rings. The number of hydrogen-bond donors (Lipinski definition) is 1. The first-order valence-corrected chi connectivity index (χ1v) is 12.7. The van der Waals surface area contributed by atoms with E-state index in [1.54, 1.807) is 0 Å². The van der Waals surface area contributed by atoms with Crippen LogP contribution in [0.3, 0.4) is 0 Å². The summed E-state index contributed by atoms with van der Waals surface area (Å²) in [5.74, 6) is 0.233. The molecule has 0 fully saturated rings. The lowest BCUT2D eigenvalue weighted by atomic mass is 10.1. The van der Waals surface area contributed by atoms with Crippen molar-refractivity contribution >= 4 is 5.91 Å². The molecule has 3 heteroatoms. The molecular formula is C26H53N2O+. The van der Waals surface area contributed by atoms with Gasteiger partial charge in [-0.15, -0.1) is 0 Å². The van der Waals surface area contributed by atoms with Crippen molar-refractivity contribution in [1.82, 2.24) is 5.32 Å². The predicted molar refractivity (Wildman–Crippen MR) is 129 cm³/mol. The van der Waals surface area contributed by atoms with Gasteiger partial charge in [0.2, 0.25) is 5.91 Å². The van der Waals surface area contributed by atoms with Crippen LogP contribution in [0.4, 0.5) is 0 Å². The number of nitrogens with one attached hydrogen (secondary N) is 1. The van der Waals surface area contributed by atoms with E-state index in [0.29, 0.717) is 6.42 Å². The van der Waals surface area contributed by atoms with Gasteiger partial charge < -0.3 is 9.80 Å². The Morgan fingerprint density at radius 3 is 1.79 bits per heavy atom. The Bertz CT molecular complexity index is 404. The lowest BCUT2D eigenvalue weighted by molar-refractivity contribution is -0.917. The number of nitrogens with zero attached hydrogens (tertiary/aromatic N) is 1. The molecule has 0 aliphatic heterocycles. The normalized spacial score (nSPS) is 13.1. The molecule has 0 aromatic rings. The lowest BCUT2D eigenvalue weighted by Gasteiger charge is -2.37. The second-order valence-electron chi connectivity index (χ2n) is 9.33. The van der Waals surface area contributed by atoms with Crippen LogP contribution in [0.25, 0.3) is 0 Å². The van der Waals surface area contributed by atoms with Gasteiger partial charge in [-0.2, -0.15) is 0 Å². The van der Waals surface area contributed by atoms with E-state index < -0.39 is 0 Å². The van der Waals surface area contributed by atoms with Crippen LogP contribution in [-0.4, -0.2) is 37.2 Å². The first kappa shape index (κ1) is 28.2. The van der Waals surface area contributed by atoms with Gasteiger partial charge in [0.25, 0.3) is 0 Å². The molecule has 1 atom stereocenters. The summed E-state index contributed by atoms with van der Waals surface area (Å²) in [7, 11) is 4.44. The van der Waals surface area contributed by atoms with Crippen LogP contribution in [0, 0.1) is 0 Å². The second kappa shape index (κ2) is 19.2. The lowest BCUT2D eigenvalue weighted by Crippen LogP contribution is -2.57. The first-order chi connectivity index (χ1) is 14.0. The van der Waals surface area contributed by atoms with E-state index in [4.69, 9.17) is 0 Å². The molecule has 0 bridgehead atoms. The van der Waals surface area contributed by atoms with Crippen LogP contribution < -0.4 is 5.32 Å². The molecule has 29 heavy (non-hydrogen) atoms. The molecule has 0 rings (SSSR count). The number of hydrogen-bond acceptors (Lipinski definition) is 1. The molecule has 0 radical (unpaired) electrons. The number of unbranched alkanes of at least 4 members (excludes halogenated alkanes) is 11. The van der Waals surface area contributed by atoms with Gasteiger partial charge in [0.15, 0.2) is 6.17 Å². The van der Waals surface area contributed by atoms with Gasteiger partial charge in [0.05, 0.1) is 20.6 Å². The summed E-state index contributed by atoms with van der Waals surface area (Å²) in [6, 6.07) is 0. The van der Waals surface area contributed by atoms with E-state index in [2.05, 4.69) is 52.3 Å². The standard InChI is InChI=1S/C26H52N2O/c1-6-9-10-11-12-13-14-15-16-17-18-19-20-21-22-23-26(29)27-25(8-3)28(4,5)24-7-2/h15-16,25H,6-14,17-24H2,1-5H3/p+1. The number of allylic oxidation sites excluding steroid dienone is 2. The largest absolute Gasteiger partial charge is 0.309 e. The fourth-order valence-electron chi connectivity index (χ4n) is 4.12. The maximum Gasteiger partial charge on any atom is 0.224 e. The Kier molecular flexibility index (Phi) is 18.6. The molecule has 3 nitrogen and oxygen atoms in total. The number of rotatable bonds is 20. The van der Waals surface area contributed by atoms with Gasteiger partial charge in [-0.1, -0.05) is 84.3 Å². The average Bonchev–Trinajstić information content (AvgIpc) is 2.68. The summed E-state index contributed by atoms with van der Waals surface area (Å²) in [5, 5.41) is 3.27. The van der Waals surface area contributed by atoms with Crippen molar-refractivity contribution in [3.8, 4) is 0 Å². The van der Waals surface area contributed by atoms with E-state index in [0.717, 1.165) is 30.3 Å². The Hall–Kier alpha value is -0.830. The Balaban J connectivity index is 3.58. The third kappa shape index (κ3) is 16.6. The smallest absolute Gasteiger partial charge is 0.224 e. The van der Waals surface area contributed by atoms with Gasteiger partial charge in [0, 0.05) is 12.8 Å². The molecule has 0 heterocycles. The zero-order chi connectivity index (χ0) is 21.8. The van der Waals surface area contributed by atoms with Gasteiger partial charge >= 0.3 is 0 Å². The number of quaternary nitrogens is 1. The number of amides is 1. The molecule has 172 valence electrons. The molecule has 1 unspecified atom stereocenters. The maximum atomic E-state index is 12.3. The molecule has 0 aromatic carbocycles. The minimum Gasteiger partial charge on any atom is -0.309 e. The SMILES string of the molecule is CCCCCCCCC=CCCCCCCCC(=O)NC(CC)[N+](C)(C)CCC. The van der Waals surface area contributed by atoms with Crippen LogP contribution in [0.2, 0.25) is 0 Å². The van der Waals surface area contributed by atoms with Crippen LogP contribution >= 0.6 is 0 Å². The van der Waals surface area contributed by atoms with E-state index in [1.165, 1.54) is 77.0 Å². The van der Waals surface area contributed by atoms with E-state index in [9.17, 15) is 4.79 Å². The van der Waals surface area contributed by atoms with Crippen molar-refractivity contribution < 1.29 is 9.28 Å². The van der Waals surface area contributed by atoms with Crippen LogP contribution in [-0.2, 0) is 4.79 Å². The highest BCUT2D eigenvalue weighted by molar-refractivity contribution is 5.75. The highest BCUT2D eigenvalue weighted by Crippen LogP contribution is 2.12.